The number of anilines is 1. The number of ketones is 1. The maximum Gasteiger partial charge on any atom is 0.232 e. The lowest BCUT2D eigenvalue weighted by Crippen LogP contribution is -2.22. The highest BCUT2D eigenvalue weighted by Crippen LogP contribution is 2.30. The Balaban J connectivity index is 1.63. The van der Waals surface area contributed by atoms with Crippen molar-refractivity contribution in [3.63, 3.8) is 0 Å². The average molecular weight is 555 g/mol. The van der Waals surface area contributed by atoms with Crippen LogP contribution in [0, 0.1) is 23.0 Å². The van der Waals surface area contributed by atoms with Crippen LogP contribution in [0.15, 0.2) is 36.8 Å². The van der Waals surface area contributed by atoms with Crippen molar-refractivity contribution in [3.8, 4) is 17.2 Å². The molecule has 0 spiro atoms. The number of hydrogen-bond donors (Lipinski definition) is 2. The maximum absolute atomic E-state index is 15.4. The van der Waals surface area contributed by atoms with Crippen molar-refractivity contribution in [2.24, 2.45) is 0 Å². The van der Waals surface area contributed by atoms with Crippen LogP contribution in [0.1, 0.15) is 41.6 Å². The number of nitrogens with zero attached hydrogens (tertiary/aromatic N) is 6. The van der Waals surface area contributed by atoms with E-state index in [2.05, 4.69) is 25.4 Å². The van der Waals surface area contributed by atoms with Gasteiger partial charge in [0.2, 0.25) is 28.0 Å². The summed E-state index contributed by atoms with van der Waals surface area (Å²) in [5.41, 5.74) is -0.558. The summed E-state index contributed by atoms with van der Waals surface area (Å²) in [6.07, 6.45) is 3.79. The molecule has 15 heteroatoms. The van der Waals surface area contributed by atoms with Crippen molar-refractivity contribution < 1.29 is 26.7 Å². The van der Waals surface area contributed by atoms with E-state index in [-0.39, 0.29) is 34.7 Å². The number of fused-ring (bicyclic) bond motifs is 1. The van der Waals surface area contributed by atoms with Crippen molar-refractivity contribution in [3.05, 3.63) is 65.5 Å². The van der Waals surface area contributed by atoms with Gasteiger partial charge in [0.25, 0.3) is 0 Å². The van der Waals surface area contributed by atoms with Gasteiger partial charge < -0.3 is 4.74 Å². The summed E-state index contributed by atoms with van der Waals surface area (Å²) in [6.45, 7) is 2.50. The lowest BCUT2D eigenvalue weighted by Gasteiger charge is -2.11. The fourth-order valence-electron chi connectivity index (χ4n) is 4.04. The zero-order valence-corrected chi connectivity index (χ0v) is 21.2. The standard InChI is InChI=1S/C24H20F2N8O4S/c1-2-7-39(36,37)33-21-17(25)4-3-15(19(21)26)22(35)20-16-8-13(14-11-29-18(9-27)30-12-14)10-31-23(16)34(32-20)24-28-5-6-38-24/h3-4,8,10-12,24,28,33H,2,5-7H2,1H3. The number of aromatic nitrogens is 5. The van der Waals surface area contributed by atoms with Gasteiger partial charge in [0.1, 0.15) is 23.3 Å². The summed E-state index contributed by atoms with van der Waals surface area (Å²) in [7, 11) is -4.05. The number of ether oxygens (including phenoxy) is 1. The molecule has 1 aliphatic heterocycles. The molecular weight excluding hydrogens is 534 g/mol. The first-order valence-corrected chi connectivity index (χ1v) is 13.4. The molecule has 0 saturated carbocycles. The Hall–Kier alpha value is -4.39. The Labute approximate surface area is 220 Å². The first kappa shape index (κ1) is 26.2. The Morgan fingerprint density at radius 1 is 1.23 bits per heavy atom. The summed E-state index contributed by atoms with van der Waals surface area (Å²) < 4.78 is 63.1. The zero-order valence-electron chi connectivity index (χ0n) is 20.4. The molecule has 1 aromatic carbocycles. The second-order valence-electron chi connectivity index (χ2n) is 8.51. The fraction of sp³-hybridized carbons (Fsp3) is 0.250. The number of halogens is 2. The summed E-state index contributed by atoms with van der Waals surface area (Å²) in [6, 6.07) is 5.13. The van der Waals surface area contributed by atoms with Crippen molar-refractivity contribution in [2.45, 2.75) is 19.7 Å². The third-order valence-electron chi connectivity index (χ3n) is 5.83. The molecule has 3 aromatic heterocycles. The van der Waals surface area contributed by atoms with Crippen molar-refractivity contribution in [2.75, 3.05) is 23.6 Å². The van der Waals surface area contributed by atoms with Gasteiger partial charge in [-0.25, -0.2) is 36.8 Å². The molecule has 39 heavy (non-hydrogen) atoms. The molecule has 1 aliphatic rings. The summed E-state index contributed by atoms with van der Waals surface area (Å²) in [5.74, 6) is -3.87. The van der Waals surface area contributed by atoms with Gasteiger partial charge in [0.05, 0.1) is 23.3 Å². The van der Waals surface area contributed by atoms with E-state index in [1.807, 2.05) is 10.8 Å². The highest BCUT2D eigenvalue weighted by Gasteiger charge is 2.29. The molecule has 2 N–H and O–H groups in total. The molecule has 1 fully saturated rings. The van der Waals surface area contributed by atoms with Crippen LogP contribution in [-0.2, 0) is 14.8 Å². The monoisotopic (exact) mass is 554 g/mol. The zero-order chi connectivity index (χ0) is 27.7. The van der Waals surface area contributed by atoms with E-state index >= 15 is 4.39 Å². The fourth-order valence-corrected chi connectivity index (χ4v) is 5.18. The number of carbonyl (C=O) groups is 1. The molecule has 1 saturated heterocycles. The van der Waals surface area contributed by atoms with Crippen LogP contribution < -0.4 is 10.0 Å². The Kier molecular flexibility index (Phi) is 7.00. The van der Waals surface area contributed by atoms with E-state index in [0.717, 1.165) is 12.1 Å². The third kappa shape index (κ3) is 5.04. The highest BCUT2D eigenvalue weighted by molar-refractivity contribution is 7.92. The normalized spacial score (nSPS) is 15.4. The number of sulfonamides is 1. The molecule has 0 amide bonds. The SMILES string of the molecule is CCCS(=O)(=O)Nc1c(F)ccc(C(=O)c2nn(C3NCCO3)c3ncc(-c4cnc(C#N)nc4)cc23)c1F. The first-order valence-electron chi connectivity index (χ1n) is 11.7. The number of hydrogen-bond acceptors (Lipinski definition) is 10. The number of nitrogens with one attached hydrogen (secondary N) is 2. The van der Waals surface area contributed by atoms with E-state index < -0.39 is 45.0 Å². The summed E-state index contributed by atoms with van der Waals surface area (Å²) in [4.78, 5) is 25.9. The Morgan fingerprint density at radius 2 is 1.97 bits per heavy atom. The van der Waals surface area contributed by atoms with Gasteiger partial charge in [-0.2, -0.15) is 10.4 Å². The molecule has 4 heterocycles. The second-order valence-corrected chi connectivity index (χ2v) is 10.3. The summed E-state index contributed by atoms with van der Waals surface area (Å²) in [5, 5.41) is 16.6. The molecule has 200 valence electrons. The molecule has 12 nitrogen and oxygen atoms in total. The average Bonchev–Trinajstić information content (AvgIpc) is 3.59. The minimum absolute atomic E-state index is 0.0296. The van der Waals surface area contributed by atoms with Gasteiger partial charge in [-0.3, -0.25) is 14.8 Å². The van der Waals surface area contributed by atoms with Crippen LogP contribution in [0.25, 0.3) is 22.2 Å². The lowest BCUT2D eigenvalue weighted by molar-refractivity contribution is 0.0372. The molecule has 0 radical (unpaired) electrons. The van der Waals surface area contributed by atoms with E-state index in [1.165, 1.54) is 23.3 Å². The van der Waals surface area contributed by atoms with Gasteiger partial charge in [0.15, 0.2) is 11.5 Å². The Morgan fingerprint density at radius 3 is 2.64 bits per heavy atom. The molecule has 1 atom stereocenters. The van der Waals surface area contributed by atoms with Crippen molar-refractivity contribution in [1.82, 2.24) is 30.0 Å². The molecule has 4 aromatic rings. The minimum Gasteiger partial charge on any atom is -0.342 e. The van der Waals surface area contributed by atoms with Gasteiger partial charge in [-0.1, -0.05) is 6.92 Å². The van der Waals surface area contributed by atoms with Crippen molar-refractivity contribution >= 4 is 32.5 Å². The molecular formula is C24H20F2N8O4S. The van der Waals surface area contributed by atoms with E-state index in [9.17, 15) is 17.6 Å². The highest BCUT2D eigenvalue weighted by atomic mass is 32.2. The van der Waals surface area contributed by atoms with Gasteiger partial charge in [0, 0.05) is 36.3 Å². The Bertz CT molecular complexity index is 1730. The number of nitriles is 1. The number of carbonyl (C=O) groups excluding carboxylic acids is 1. The topological polar surface area (TPSA) is 165 Å². The molecule has 1 unspecified atom stereocenters. The maximum atomic E-state index is 15.4. The van der Waals surface area contributed by atoms with Crippen molar-refractivity contribution in [1.29, 1.82) is 5.26 Å². The second kappa shape index (κ2) is 10.4. The number of rotatable bonds is 8. The van der Waals surface area contributed by atoms with Crippen LogP contribution in [0.3, 0.4) is 0 Å². The lowest BCUT2D eigenvalue weighted by atomic mass is 10.0. The predicted octanol–water partition coefficient (Wildman–Crippen LogP) is 2.50. The smallest absolute Gasteiger partial charge is 0.232 e. The third-order valence-corrected chi connectivity index (χ3v) is 7.29. The van der Waals surface area contributed by atoms with Gasteiger partial charge in [-0.05, 0) is 24.6 Å². The van der Waals surface area contributed by atoms with Gasteiger partial charge >= 0.3 is 0 Å². The van der Waals surface area contributed by atoms with Crippen LogP contribution in [0.5, 0.6) is 0 Å². The van der Waals surface area contributed by atoms with Gasteiger partial charge in [-0.15, -0.1) is 0 Å². The quantitative estimate of drug-likeness (QED) is 0.309. The van der Waals surface area contributed by atoms with Crippen LogP contribution in [0.4, 0.5) is 14.5 Å². The molecule has 5 rings (SSSR count). The number of benzene rings is 1. The molecule has 0 aliphatic carbocycles. The number of pyridine rings is 1. The van der Waals surface area contributed by atoms with E-state index in [1.54, 1.807) is 13.0 Å². The van der Waals surface area contributed by atoms with Crippen LogP contribution in [0.2, 0.25) is 0 Å². The molecule has 0 bridgehead atoms. The summed E-state index contributed by atoms with van der Waals surface area (Å²) >= 11 is 0. The predicted molar refractivity (Wildman–Crippen MR) is 134 cm³/mol. The van der Waals surface area contributed by atoms with Crippen LogP contribution in [-0.4, -0.2) is 57.8 Å². The largest absolute Gasteiger partial charge is 0.342 e. The van der Waals surface area contributed by atoms with E-state index in [0.29, 0.717) is 24.3 Å². The van der Waals surface area contributed by atoms with E-state index in [4.69, 9.17) is 10.00 Å². The van der Waals surface area contributed by atoms with Crippen LogP contribution >= 0.6 is 0 Å². The first-order chi connectivity index (χ1) is 18.7. The minimum atomic E-state index is -4.05.